The van der Waals surface area contributed by atoms with Crippen LogP contribution >= 0.6 is 0 Å². The minimum Gasteiger partial charge on any atom is -0.473 e. The summed E-state index contributed by atoms with van der Waals surface area (Å²) >= 11 is 0. The Labute approximate surface area is 145 Å². The second kappa shape index (κ2) is 9.33. The second-order valence-corrected chi connectivity index (χ2v) is 5.41. The van der Waals surface area contributed by atoms with E-state index >= 15 is 0 Å². The molecule has 1 aliphatic heterocycles. The van der Waals surface area contributed by atoms with Crippen molar-refractivity contribution in [2.24, 2.45) is 0 Å². The molecule has 25 heavy (non-hydrogen) atoms. The van der Waals surface area contributed by atoms with Crippen molar-refractivity contribution in [3.8, 4) is 0 Å². The molecule has 0 bridgehead atoms. The number of carboxylic acid groups (broad SMARTS) is 2. The monoisotopic (exact) mass is 344 g/mol. The molecule has 0 aliphatic carbocycles. The van der Waals surface area contributed by atoms with E-state index in [1.165, 1.54) is 5.56 Å². The molecule has 2 aromatic rings. The first-order valence-electron chi connectivity index (χ1n) is 7.80. The number of benzene rings is 1. The molecule has 0 spiro atoms. The lowest BCUT2D eigenvalue weighted by Crippen LogP contribution is -2.46. The minimum atomic E-state index is -1.82. The van der Waals surface area contributed by atoms with Crippen molar-refractivity contribution in [3.63, 3.8) is 0 Å². The third-order valence-electron chi connectivity index (χ3n) is 3.64. The van der Waals surface area contributed by atoms with Crippen molar-refractivity contribution < 1.29 is 19.8 Å². The molecule has 132 valence electrons. The molecular weight excluding hydrogens is 324 g/mol. The fourth-order valence-corrected chi connectivity index (χ4v) is 2.40. The maximum Gasteiger partial charge on any atom is 0.414 e. The summed E-state index contributed by atoms with van der Waals surface area (Å²) in [5.41, 5.74) is 1.38. The lowest BCUT2D eigenvalue weighted by atomic mass is 10.2. The third-order valence-corrected chi connectivity index (χ3v) is 3.64. The van der Waals surface area contributed by atoms with Gasteiger partial charge in [0.15, 0.2) is 0 Å². The Bertz CT molecular complexity index is 662. The summed E-state index contributed by atoms with van der Waals surface area (Å²) in [6, 6.07) is 12.5. The number of nitrogens with zero attached hydrogens (tertiary/aromatic N) is 4. The van der Waals surface area contributed by atoms with Crippen LogP contribution in [-0.4, -0.2) is 63.2 Å². The van der Waals surface area contributed by atoms with Crippen molar-refractivity contribution in [1.82, 2.24) is 14.9 Å². The molecule has 2 N–H and O–H groups in total. The number of piperazine rings is 1. The summed E-state index contributed by atoms with van der Waals surface area (Å²) in [4.78, 5) is 31.5. The number of rotatable bonds is 3. The van der Waals surface area contributed by atoms with Gasteiger partial charge >= 0.3 is 11.9 Å². The predicted octanol–water partition coefficient (Wildman–Crippen LogP) is 0.954. The van der Waals surface area contributed by atoms with E-state index in [4.69, 9.17) is 19.8 Å². The highest BCUT2D eigenvalue weighted by Gasteiger charge is 2.18. The maximum atomic E-state index is 9.10. The molecule has 0 amide bonds. The first-order chi connectivity index (χ1) is 12.1. The average Bonchev–Trinajstić information content (AvgIpc) is 2.64. The average molecular weight is 344 g/mol. The molecule has 0 unspecified atom stereocenters. The van der Waals surface area contributed by atoms with Crippen LogP contribution in [0.15, 0.2) is 48.8 Å². The Hall–Kier alpha value is -3.00. The van der Waals surface area contributed by atoms with Crippen molar-refractivity contribution in [2.75, 3.05) is 31.1 Å². The van der Waals surface area contributed by atoms with Gasteiger partial charge in [0.1, 0.15) is 0 Å². The van der Waals surface area contributed by atoms with Gasteiger partial charge in [-0.05, 0) is 11.6 Å². The van der Waals surface area contributed by atoms with Gasteiger partial charge in [-0.2, -0.15) is 0 Å². The molecule has 1 fully saturated rings. The van der Waals surface area contributed by atoms with Crippen molar-refractivity contribution >= 4 is 17.9 Å². The molecular formula is C17H20N4O4. The SMILES string of the molecule is O=C(O)C(=O)O.c1ccc(CN2CCN(c3ncccn3)CC2)cc1. The Balaban J connectivity index is 0.000000326. The van der Waals surface area contributed by atoms with Gasteiger partial charge in [-0.15, -0.1) is 0 Å². The van der Waals surface area contributed by atoms with E-state index in [1.54, 1.807) is 12.4 Å². The van der Waals surface area contributed by atoms with Crippen molar-refractivity contribution in [3.05, 3.63) is 54.4 Å². The van der Waals surface area contributed by atoms with Crippen molar-refractivity contribution in [1.29, 1.82) is 0 Å². The molecule has 3 rings (SSSR count). The number of hydrogen-bond donors (Lipinski definition) is 2. The molecule has 0 atom stereocenters. The molecule has 1 saturated heterocycles. The zero-order chi connectivity index (χ0) is 18.1. The lowest BCUT2D eigenvalue weighted by Gasteiger charge is -2.34. The Morgan fingerprint density at radius 1 is 0.880 bits per heavy atom. The van der Waals surface area contributed by atoms with Gasteiger partial charge in [0.2, 0.25) is 5.95 Å². The van der Waals surface area contributed by atoms with E-state index in [0.717, 1.165) is 38.7 Å². The van der Waals surface area contributed by atoms with Gasteiger partial charge in [-0.1, -0.05) is 30.3 Å². The molecule has 2 heterocycles. The Kier molecular flexibility index (Phi) is 6.85. The van der Waals surface area contributed by atoms with Crippen LogP contribution < -0.4 is 4.90 Å². The highest BCUT2D eigenvalue weighted by Crippen LogP contribution is 2.12. The third kappa shape index (κ3) is 6.19. The fraction of sp³-hybridized carbons (Fsp3) is 0.294. The summed E-state index contributed by atoms with van der Waals surface area (Å²) in [6.07, 6.45) is 3.61. The molecule has 0 saturated carbocycles. The summed E-state index contributed by atoms with van der Waals surface area (Å²) in [5.74, 6) is -2.80. The minimum absolute atomic E-state index is 0.849. The van der Waals surface area contributed by atoms with Crippen LogP contribution in [0.4, 0.5) is 5.95 Å². The summed E-state index contributed by atoms with van der Waals surface area (Å²) in [5, 5.41) is 14.8. The second-order valence-electron chi connectivity index (χ2n) is 5.41. The number of aromatic nitrogens is 2. The zero-order valence-electron chi connectivity index (χ0n) is 13.7. The van der Waals surface area contributed by atoms with E-state index in [9.17, 15) is 0 Å². The number of carbonyl (C=O) groups is 2. The van der Waals surface area contributed by atoms with Crippen LogP contribution in [0.25, 0.3) is 0 Å². The summed E-state index contributed by atoms with van der Waals surface area (Å²) in [7, 11) is 0. The maximum absolute atomic E-state index is 9.10. The van der Waals surface area contributed by atoms with Crippen LogP contribution in [0.1, 0.15) is 5.56 Å². The summed E-state index contributed by atoms with van der Waals surface area (Å²) < 4.78 is 0. The summed E-state index contributed by atoms with van der Waals surface area (Å²) in [6.45, 7) is 5.15. The van der Waals surface area contributed by atoms with Gasteiger partial charge in [-0.25, -0.2) is 19.6 Å². The lowest BCUT2D eigenvalue weighted by molar-refractivity contribution is -0.159. The topological polar surface area (TPSA) is 107 Å². The van der Waals surface area contributed by atoms with Gasteiger partial charge in [0, 0.05) is 45.1 Å². The van der Waals surface area contributed by atoms with Crippen LogP contribution in [0, 0.1) is 0 Å². The fourth-order valence-electron chi connectivity index (χ4n) is 2.40. The molecule has 8 nitrogen and oxygen atoms in total. The zero-order valence-corrected chi connectivity index (χ0v) is 13.7. The number of hydrogen-bond acceptors (Lipinski definition) is 6. The van der Waals surface area contributed by atoms with E-state index in [-0.39, 0.29) is 0 Å². The smallest absolute Gasteiger partial charge is 0.414 e. The van der Waals surface area contributed by atoms with Crippen molar-refractivity contribution in [2.45, 2.75) is 6.54 Å². The molecule has 1 aromatic carbocycles. The molecule has 8 heteroatoms. The largest absolute Gasteiger partial charge is 0.473 e. The predicted molar refractivity (Wildman–Crippen MR) is 91.2 cm³/mol. The van der Waals surface area contributed by atoms with E-state index < -0.39 is 11.9 Å². The Morgan fingerprint density at radius 2 is 1.44 bits per heavy atom. The van der Waals surface area contributed by atoms with Crippen LogP contribution in [0.3, 0.4) is 0 Å². The quantitative estimate of drug-likeness (QED) is 0.793. The van der Waals surface area contributed by atoms with Crippen LogP contribution in [-0.2, 0) is 16.1 Å². The highest BCUT2D eigenvalue weighted by molar-refractivity contribution is 6.27. The molecule has 0 radical (unpaired) electrons. The Morgan fingerprint density at radius 3 is 1.96 bits per heavy atom. The first kappa shape index (κ1) is 18.3. The standard InChI is InChI=1S/C15H18N4.C2H2O4/c1-2-5-14(6-3-1)13-18-9-11-19(12-10-18)15-16-7-4-8-17-15;3-1(4)2(5)6/h1-8H,9-13H2;(H,3,4)(H,5,6). The van der Waals surface area contributed by atoms with E-state index in [0.29, 0.717) is 0 Å². The van der Waals surface area contributed by atoms with Crippen LogP contribution in [0.2, 0.25) is 0 Å². The number of carboxylic acids is 2. The number of aliphatic carboxylic acids is 2. The van der Waals surface area contributed by atoms with Gasteiger partial charge in [-0.3, -0.25) is 4.90 Å². The van der Waals surface area contributed by atoms with Gasteiger partial charge < -0.3 is 15.1 Å². The van der Waals surface area contributed by atoms with E-state index in [1.807, 2.05) is 6.07 Å². The highest BCUT2D eigenvalue weighted by atomic mass is 16.4. The van der Waals surface area contributed by atoms with Gasteiger partial charge in [0.05, 0.1) is 0 Å². The number of anilines is 1. The molecule has 1 aromatic heterocycles. The molecule has 1 aliphatic rings. The normalized spacial score (nSPS) is 14.3. The first-order valence-corrected chi connectivity index (χ1v) is 7.80. The van der Waals surface area contributed by atoms with Gasteiger partial charge in [0.25, 0.3) is 0 Å². The van der Waals surface area contributed by atoms with Crippen LogP contribution in [0.5, 0.6) is 0 Å². The van der Waals surface area contributed by atoms with E-state index in [2.05, 4.69) is 50.1 Å².